The monoisotopic (exact) mass is 471 g/mol. The van der Waals surface area contributed by atoms with Gasteiger partial charge >= 0.3 is 6.18 Å². The van der Waals surface area contributed by atoms with E-state index in [4.69, 9.17) is 0 Å². The number of halogens is 4. The van der Waals surface area contributed by atoms with Crippen molar-refractivity contribution in [1.29, 1.82) is 0 Å². The first-order valence-corrected chi connectivity index (χ1v) is 10.5. The Kier molecular flexibility index (Phi) is 6.39. The maximum Gasteiger partial charge on any atom is 0.417 e. The molecular formula is C25H21F4N3O2. The molecule has 0 aliphatic carbocycles. The standard InChI is InChI=1S/C25H21F4N3O2/c1-31-12-10-16-4-9-21(14-22(16)31)32(24(34)23(33)17-2-6-19(26)7-3-17)13-11-20-8-5-18(15-30-20)25(27,28)29/h2-10,12,14-15,23,33H,11,13H2,1H3/t23-/m0/s1. The maximum absolute atomic E-state index is 13.3. The number of benzene rings is 2. The van der Waals surface area contributed by atoms with E-state index in [1.807, 2.05) is 29.9 Å². The third-order valence-electron chi connectivity index (χ3n) is 5.61. The van der Waals surface area contributed by atoms with Gasteiger partial charge in [0.1, 0.15) is 5.82 Å². The van der Waals surface area contributed by atoms with Gasteiger partial charge in [0.2, 0.25) is 0 Å². The molecule has 4 rings (SSSR count). The molecule has 176 valence electrons. The second kappa shape index (κ2) is 9.26. The van der Waals surface area contributed by atoms with E-state index in [-0.39, 0.29) is 18.5 Å². The zero-order chi connectivity index (χ0) is 24.5. The Hall–Kier alpha value is -3.72. The van der Waals surface area contributed by atoms with Crippen LogP contribution in [0.15, 0.2) is 73.1 Å². The number of fused-ring (bicyclic) bond motifs is 1. The molecule has 0 aliphatic heterocycles. The summed E-state index contributed by atoms with van der Waals surface area (Å²) < 4.78 is 53.6. The summed E-state index contributed by atoms with van der Waals surface area (Å²) in [6, 6.07) is 14.5. The van der Waals surface area contributed by atoms with Crippen molar-refractivity contribution in [2.45, 2.75) is 18.7 Å². The van der Waals surface area contributed by atoms with Crippen LogP contribution in [-0.4, -0.2) is 27.1 Å². The van der Waals surface area contributed by atoms with Crippen LogP contribution in [0.2, 0.25) is 0 Å². The molecule has 0 bridgehead atoms. The lowest BCUT2D eigenvalue weighted by atomic mass is 10.1. The Morgan fingerprint density at radius 3 is 2.47 bits per heavy atom. The third kappa shape index (κ3) is 4.94. The van der Waals surface area contributed by atoms with Crippen LogP contribution in [0.25, 0.3) is 10.9 Å². The predicted molar refractivity (Wildman–Crippen MR) is 120 cm³/mol. The van der Waals surface area contributed by atoms with Crippen molar-refractivity contribution in [3.63, 3.8) is 0 Å². The Morgan fingerprint density at radius 2 is 1.82 bits per heavy atom. The van der Waals surface area contributed by atoms with Crippen LogP contribution in [0.4, 0.5) is 23.2 Å². The predicted octanol–water partition coefficient (Wildman–Crippen LogP) is 5.04. The fraction of sp³-hybridized carbons (Fsp3) is 0.200. The fourth-order valence-corrected chi connectivity index (χ4v) is 3.69. The minimum absolute atomic E-state index is 0.0609. The highest BCUT2D eigenvalue weighted by atomic mass is 19.4. The molecule has 2 heterocycles. The number of nitrogens with zero attached hydrogens (tertiary/aromatic N) is 3. The number of aliphatic hydroxyl groups is 1. The topological polar surface area (TPSA) is 58.4 Å². The van der Waals surface area contributed by atoms with Crippen LogP contribution < -0.4 is 4.90 Å². The molecule has 1 amide bonds. The maximum atomic E-state index is 13.3. The molecule has 1 atom stereocenters. The quantitative estimate of drug-likeness (QED) is 0.401. The molecule has 0 spiro atoms. The van der Waals surface area contributed by atoms with Crippen LogP contribution in [0.5, 0.6) is 0 Å². The minimum atomic E-state index is -4.49. The summed E-state index contributed by atoms with van der Waals surface area (Å²) >= 11 is 0. The second-order valence-electron chi connectivity index (χ2n) is 7.90. The summed E-state index contributed by atoms with van der Waals surface area (Å²) in [6.07, 6.45) is -3.25. The number of anilines is 1. The van der Waals surface area contributed by atoms with Gasteiger partial charge in [-0.2, -0.15) is 13.2 Å². The van der Waals surface area contributed by atoms with Crippen molar-refractivity contribution >= 4 is 22.5 Å². The number of amides is 1. The molecule has 5 nitrogen and oxygen atoms in total. The normalized spacial score (nSPS) is 12.6. The number of carbonyl (C=O) groups excluding carboxylic acids is 1. The highest BCUT2D eigenvalue weighted by Crippen LogP contribution is 2.29. The van der Waals surface area contributed by atoms with E-state index in [2.05, 4.69) is 4.98 Å². The van der Waals surface area contributed by atoms with E-state index in [0.717, 1.165) is 35.3 Å². The summed E-state index contributed by atoms with van der Waals surface area (Å²) in [5, 5.41) is 11.7. The van der Waals surface area contributed by atoms with Crippen LogP contribution in [0, 0.1) is 5.82 Å². The van der Waals surface area contributed by atoms with Crippen molar-refractivity contribution in [3.8, 4) is 0 Å². The van der Waals surface area contributed by atoms with Crippen LogP contribution in [0.1, 0.15) is 22.9 Å². The van der Waals surface area contributed by atoms with E-state index in [1.165, 1.54) is 23.1 Å². The highest BCUT2D eigenvalue weighted by molar-refractivity contribution is 5.98. The van der Waals surface area contributed by atoms with Gasteiger partial charge in [0, 0.05) is 49.3 Å². The van der Waals surface area contributed by atoms with Gasteiger partial charge in [-0.3, -0.25) is 9.78 Å². The van der Waals surface area contributed by atoms with Crippen LogP contribution >= 0.6 is 0 Å². The van der Waals surface area contributed by atoms with E-state index in [1.54, 1.807) is 12.1 Å². The highest BCUT2D eigenvalue weighted by Gasteiger charge is 2.31. The molecule has 4 aromatic rings. The number of hydrogen-bond acceptors (Lipinski definition) is 3. The zero-order valence-electron chi connectivity index (χ0n) is 18.1. The van der Waals surface area contributed by atoms with Crippen molar-refractivity contribution in [3.05, 3.63) is 95.7 Å². The number of rotatable bonds is 6. The summed E-state index contributed by atoms with van der Waals surface area (Å²) in [7, 11) is 1.86. The number of aromatic nitrogens is 2. The molecule has 0 saturated heterocycles. The second-order valence-corrected chi connectivity index (χ2v) is 7.90. The first-order chi connectivity index (χ1) is 16.1. The summed E-state index contributed by atoms with van der Waals surface area (Å²) in [5.74, 6) is -1.14. The number of carbonyl (C=O) groups is 1. The van der Waals surface area contributed by atoms with Gasteiger partial charge in [-0.15, -0.1) is 0 Å². The molecule has 34 heavy (non-hydrogen) atoms. The van der Waals surface area contributed by atoms with Gasteiger partial charge in [-0.1, -0.05) is 18.2 Å². The van der Waals surface area contributed by atoms with Crippen molar-refractivity contribution in [2.24, 2.45) is 7.05 Å². The van der Waals surface area contributed by atoms with Gasteiger partial charge in [0.15, 0.2) is 6.10 Å². The molecule has 0 unspecified atom stereocenters. The van der Waals surface area contributed by atoms with E-state index >= 15 is 0 Å². The minimum Gasteiger partial charge on any atom is -0.378 e. The average Bonchev–Trinajstić information content (AvgIpc) is 3.19. The number of hydrogen-bond donors (Lipinski definition) is 1. The van der Waals surface area contributed by atoms with Crippen molar-refractivity contribution < 1.29 is 27.5 Å². The molecule has 1 N–H and O–H groups in total. The lowest BCUT2D eigenvalue weighted by molar-refractivity contribution is -0.137. The Balaban J connectivity index is 1.63. The van der Waals surface area contributed by atoms with Gasteiger partial charge in [0.25, 0.3) is 5.91 Å². The number of aryl methyl sites for hydroxylation is 1. The summed E-state index contributed by atoms with van der Waals surface area (Å²) in [6.45, 7) is 0.0609. The van der Waals surface area contributed by atoms with Gasteiger partial charge in [-0.05, 0) is 53.4 Å². The molecule has 0 fully saturated rings. The van der Waals surface area contributed by atoms with E-state index in [9.17, 15) is 27.5 Å². The van der Waals surface area contributed by atoms with Gasteiger partial charge < -0.3 is 14.6 Å². The Bertz CT molecular complexity index is 1300. The molecule has 9 heteroatoms. The third-order valence-corrected chi connectivity index (χ3v) is 5.61. The van der Waals surface area contributed by atoms with Crippen molar-refractivity contribution in [2.75, 3.05) is 11.4 Å². The lowest BCUT2D eigenvalue weighted by Gasteiger charge is -2.26. The molecule has 2 aromatic carbocycles. The molecular weight excluding hydrogens is 450 g/mol. The summed E-state index contributed by atoms with van der Waals surface area (Å²) in [5.41, 5.74) is 1.10. The van der Waals surface area contributed by atoms with Gasteiger partial charge in [-0.25, -0.2) is 4.39 Å². The molecule has 0 radical (unpaired) electrons. The number of alkyl halides is 3. The Morgan fingerprint density at radius 1 is 1.09 bits per heavy atom. The molecule has 0 aliphatic rings. The summed E-state index contributed by atoms with van der Waals surface area (Å²) in [4.78, 5) is 18.5. The van der Waals surface area contributed by atoms with Gasteiger partial charge in [0.05, 0.1) is 5.56 Å². The average molecular weight is 471 g/mol. The first-order valence-electron chi connectivity index (χ1n) is 10.5. The van der Waals surface area contributed by atoms with Crippen molar-refractivity contribution in [1.82, 2.24) is 9.55 Å². The SMILES string of the molecule is Cn1ccc2ccc(N(CCc3ccc(C(F)(F)F)cn3)C(=O)[C@@H](O)c3ccc(F)cc3)cc21. The fourth-order valence-electron chi connectivity index (χ4n) is 3.69. The largest absolute Gasteiger partial charge is 0.417 e. The zero-order valence-corrected chi connectivity index (χ0v) is 18.1. The number of pyridine rings is 1. The molecule has 2 aromatic heterocycles. The van der Waals surface area contributed by atoms with E-state index in [0.29, 0.717) is 11.4 Å². The molecule has 0 saturated carbocycles. The lowest BCUT2D eigenvalue weighted by Crippen LogP contribution is -2.37. The number of aliphatic hydroxyl groups excluding tert-OH is 1. The van der Waals surface area contributed by atoms with Crippen LogP contribution in [0.3, 0.4) is 0 Å². The smallest absolute Gasteiger partial charge is 0.378 e. The van der Waals surface area contributed by atoms with E-state index < -0.39 is 29.6 Å². The van der Waals surface area contributed by atoms with Crippen LogP contribution in [-0.2, 0) is 24.4 Å². The Labute approximate surface area is 192 Å². The first kappa shape index (κ1) is 23.4.